The molecule has 10 heteroatoms. The molecular formula is C23H26N10. The van der Waals surface area contributed by atoms with Gasteiger partial charge in [-0.2, -0.15) is 20.6 Å². The van der Waals surface area contributed by atoms with Crippen molar-refractivity contribution in [3.63, 3.8) is 0 Å². The summed E-state index contributed by atoms with van der Waals surface area (Å²) in [7, 11) is 0. The minimum Gasteiger partial charge on any atom is -0.382 e. The molecule has 168 valence electrons. The van der Waals surface area contributed by atoms with Crippen LogP contribution >= 0.6 is 0 Å². The van der Waals surface area contributed by atoms with E-state index in [4.69, 9.17) is 16.0 Å². The van der Waals surface area contributed by atoms with Crippen molar-refractivity contribution in [3.05, 3.63) is 41.2 Å². The van der Waals surface area contributed by atoms with Crippen LogP contribution in [0, 0.1) is 36.5 Å². The van der Waals surface area contributed by atoms with Crippen molar-refractivity contribution in [1.29, 1.82) is 10.5 Å². The van der Waals surface area contributed by atoms with Crippen LogP contribution < -0.4 is 10.6 Å². The summed E-state index contributed by atoms with van der Waals surface area (Å²) in [5.74, 6) is 1.21. The number of nitrogens with zero attached hydrogens (tertiary/aromatic N) is 9. The molecule has 2 N–H and O–H groups in total. The zero-order valence-corrected chi connectivity index (χ0v) is 19.0. The van der Waals surface area contributed by atoms with Crippen LogP contribution in [-0.4, -0.2) is 61.9 Å². The monoisotopic (exact) mass is 442 g/mol. The molecule has 10 nitrogen and oxygen atoms in total. The van der Waals surface area contributed by atoms with E-state index >= 15 is 0 Å². The molecule has 0 amide bonds. The average molecular weight is 443 g/mol. The van der Waals surface area contributed by atoms with Gasteiger partial charge in [0.25, 0.3) is 5.95 Å². The first kappa shape index (κ1) is 22.2. The van der Waals surface area contributed by atoms with E-state index in [0.717, 1.165) is 43.4 Å². The number of aromatic nitrogens is 5. The van der Waals surface area contributed by atoms with Gasteiger partial charge in [0.2, 0.25) is 0 Å². The third-order valence-corrected chi connectivity index (χ3v) is 5.81. The van der Waals surface area contributed by atoms with Gasteiger partial charge >= 0.3 is 0 Å². The fourth-order valence-corrected chi connectivity index (χ4v) is 4.15. The molecule has 0 saturated carbocycles. The molecule has 1 aliphatic rings. The number of piperazine rings is 1. The summed E-state index contributed by atoms with van der Waals surface area (Å²) in [6, 6.07) is 12.3. The van der Waals surface area contributed by atoms with E-state index in [9.17, 15) is 5.26 Å². The highest BCUT2D eigenvalue weighted by atomic mass is 15.4. The van der Waals surface area contributed by atoms with Gasteiger partial charge in [-0.15, -0.1) is 0 Å². The molecule has 1 fully saturated rings. The molecule has 3 aromatic rings. The van der Waals surface area contributed by atoms with E-state index in [0.29, 0.717) is 29.8 Å². The third kappa shape index (κ3) is 4.47. The molecule has 4 heterocycles. The van der Waals surface area contributed by atoms with Crippen LogP contribution in [0.2, 0.25) is 0 Å². The Kier molecular flexibility index (Phi) is 6.20. The Labute approximate surface area is 192 Å². The van der Waals surface area contributed by atoms with Crippen molar-refractivity contribution in [2.75, 3.05) is 36.8 Å². The second kappa shape index (κ2) is 9.23. The van der Waals surface area contributed by atoms with Crippen LogP contribution in [0.5, 0.6) is 0 Å². The number of anilines is 2. The van der Waals surface area contributed by atoms with Gasteiger partial charge < -0.3 is 10.6 Å². The quantitative estimate of drug-likeness (QED) is 0.630. The maximum atomic E-state index is 9.73. The number of nitriles is 2. The lowest BCUT2D eigenvalue weighted by molar-refractivity contribution is 0.193. The van der Waals surface area contributed by atoms with Crippen molar-refractivity contribution in [2.45, 2.75) is 33.2 Å². The van der Waals surface area contributed by atoms with Gasteiger partial charge in [0.15, 0.2) is 0 Å². The fourth-order valence-electron chi connectivity index (χ4n) is 4.15. The molecule has 0 aliphatic carbocycles. The van der Waals surface area contributed by atoms with Crippen molar-refractivity contribution < 1.29 is 0 Å². The van der Waals surface area contributed by atoms with Gasteiger partial charge in [-0.25, -0.2) is 14.6 Å². The molecule has 1 atom stereocenters. The molecular weight excluding hydrogens is 416 g/mol. The molecule has 1 saturated heterocycles. The Morgan fingerprint density at radius 3 is 2.64 bits per heavy atom. The highest BCUT2D eigenvalue weighted by Crippen LogP contribution is 2.27. The summed E-state index contributed by atoms with van der Waals surface area (Å²) in [4.78, 5) is 18.3. The maximum Gasteiger partial charge on any atom is 0.253 e. The lowest BCUT2D eigenvalue weighted by Gasteiger charge is -2.40. The van der Waals surface area contributed by atoms with Crippen LogP contribution in [0.25, 0.3) is 17.3 Å². The number of rotatable bonds is 5. The maximum absolute atomic E-state index is 9.73. The molecule has 3 aromatic heterocycles. The number of nitrogen functional groups attached to an aromatic ring is 1. The van der Waals surface area contributed by atoms with Crippen molar-refractivity contribution in [2.24, 2.45) is 0 Å². The van der Waals surface area contributed by atoms with Crippen LogP contribution in [0.15, 0.2) is 24.3 Å². The van der Waals surface area contributed by atoms with Crippen molar-refractivity contribution >= 4 is 11.6 Å². The zero-order chi connectivity index (χ0) is 23.5. The first-order valence-electron chi connectivity index (χ1n) is 10.9. The van der Waals surface area contributed by atoms with Crippen molar-refractivity contribution in [3.8, 4) is 29.5 Å². The number of hydrogen-bond acceptors (Lipinski definition) is 9. The van der Waals surface area contributed by atoms with E-state index in [-0.39, 0.29) is 11.4 Å². The number of aryl methyl sites for hydroxylation is 2. The van der Waals surface area contributed by atoms with Gasteiger partial charge in [0.05, 0.1) is 17.5 Å². The minimum absolute atomic E-state index is 0.0944. The van der Waals surface area contributed by atoms with Gasteiger partial charge in [-0.3, -0.25) is 4.90 Å². The highest BCUT2D eigenvalue weighted by molar-refractivity contribution is 5.71. The third-order valence-electron chi connectivity index (χ3n) is 5.81. The van der Waals surface area contributed by atoms with E-state index < -0.39 is 0 Å². The average Bonchev–Trinajstić information content (AvgIpc) is 3.15. The van der Waals surface area contributed by atoms with Gasteiger partial charge in [0, 0.05) is 44.3 Å². The molecule has 0 spiro atoms. The molecule has 1 aliphatic heterocycles. The van der Waals surface area contributed by atoms with Crippen LogP contribution in [0.3, 0.4) is 0 Å². The largest absolute Gasteiger partial charge is 0.382 e. The molecule has 33 heavy (non-hydrogen) atoms. The smallest absolute Gasteiger partial charge is 0.253 e. The van der Waals surface area contributed by atoms with E-state index in [2.05, 4.69) is 43.9 Å². The summed E-state index contributed by atoms with van der Waals surface area (Å²) in [6.45, 7) is 9.21. The Morgan fingerprint density at radius 1 is 1.15 bits per heavy atom. The van der Waals surface area contributed by atoms with Gasteiger partial charge in [-0.05, 0) is 39.0 Å². The van der Waals surface area contributed by atoms with Gasteiger partial charge in [-0.1, -0.05) is 6.07 Å². The Morgan fingerprint density at radius 2 is 1.97 bits per heavy atom. The number of hydrogen-bond donors (Lipinski definition) is 1. The Hall–Kier alpha value is -4.02. The summed E-state index contributed by atoms with van der Waals surface area (Å²) in [5, 5.41) is 23.1. The first-order valence-corrected chi connectivity index (χ1v) is 10.9. The molecule has 0 aromatic carbocycles. The first-order chi connectivity index (χ1) is 15.9. The molecule has 0 radical (unpaired) electrons. The predicted octanol–water partition coefficient (Wildman–Crippen LogP) is 2.22. The zero-order valence-electron chi connectivity index (χ0n) is 19.0. The van der Waals surface area contributed by atoms with Crippen LogP contribution in [0.4, 0.5) is 11.6 Å². The SMILES string of the molecule is Cc1cc(C)n(-c2nc(N)c(C#N)c(-c3cccc(N4CCN(CCC#N)[C@H](C)C4)n3)n2)n1. The summed E-state index contributed by atoms with van der Waals surface area (Å²) in [6.07, 6.45) is 0.529. The number of pyridine rings is 1. The normalized spacial score (nSPS) is 16.4. The summed E-state index contributed by atoms with van der Waals surface area (Å²) < 4.78 is 1.61. The lowest BCUT2D eigenvalue weighted by Crippen LogP contribution is -2.52. The molecule has 0 bridgehead atoms. The Bertz CT molecular complexity index is 1250. The minimum atomic E-state index is 0.0944. The van der Waals surface area contributed by atoms with Gasteiger partial charge in [0.1, 0.15) is 29.0 Å². The lowest BCUT2D eigenvalue weighted by atomic mass is 10.1. The fraction of sp³-hybridized carbons (Fsp3) is 0.391. The summed E-state index contributed by atoms with van der Waals surface area (Å²) in [5.41, 5.74) is 8.98. The topological polar surface area (TPSA) is 137 Å². The summed E-state index contributed by atoms with van der Waals surface area (Å²) >= 11 is 0. The number of nitrogens with two attached hydrogens (primary N) is 1. The molecule has 0 unspecified atom stereocenters. The highest BCUT2D eigenvalue weighted by Gasteiger charge is 2.25. The van der Waals surface area contributed by atoms with Crippen LogP contribution in [-0.2, 0) is 0 Å². The second-order valence-corrected chi connectivity index (χ2v) is 8.20. The Balaban J connectivity index is 1.68. The van der Waals surface area contributed by atoms with Crippen molar-refractivity contribution in [1.82, 2.24) is 29.6 Å². The standard InChI is InChI=1S/C23H26N10/c1-15-12-16(2)33(30-15)23-28-21(18(13-25)22(26)29-23)19-6-4-7-20(27-19)32-11-10-31(9-5-8-24)17(3)14-32/h4,6-7,12,17H,5,9-11,14H2,1-3H3,(H2,26,28,29)/t17-/m1/s1. The van der Waals surface area contributed by atoms with E-state index in [1.54, 1.807) is 4.68 Å². The second-order valence-electron chi connectivity index (χ2n) is 8.20. The van der Waals surface area contributed by atoms with E-state index in [1.807, 2.05) is 38.1 Å². The van der Waals surface area contributed by atoms with Crippen LogP contribution in [0.1, 0.15) is 30.3 Å². The predicted molar refractivity (Wildman–Crippen MR) is 124 cm³/mol. The molecule has 4 rings (SSSR count). The van der Waals surface area contributed by atoms with E-state index in [1.165, 1.54) is 0 Å².